The first-order valence-corrected chi connectivity index (χ1v) is 7.60. The quantitative estimate of drug-likeness (QED) is 0.883. The van der Waals surface area contributed by atoms with Gasteiger partial charge in [0.15, 0.2) is 0 Å². The summed E-state index contributed by atoms with van der Waals surface area (Å²) in [7, 11) is 0. The Bertz CT molecular complexity index is 440. The number of rotatable bonds is 5. The summed E-state index contributed by atoms with van der Waals surface area (Å²) in [6.45, 7) is 6.22. The van der Waals surface area contributed by atoms with Crippen molar-refractivity contribution < 1.29 is 5.11 Å². The van der Waals surface area contributed by atoms with Crippen LogP contribution in [0.15, 0.2) is 12.3 Å². The maximum atomic E-state index is 10.7. The summed E-state index contributed by atoms with van der Waals surface area (Å²) in [5.41, 5.74) is 0.470. The first kappa shape index (κ1) is 13.1. The van der Waals surface area contributed by atoms with Gasteiger partial charge in [-0.25, -0.2) is 0 Å². The van der Waals surface area contributed by atoms with Crippen LogP contribution in [0.5, 0.6) is 0 Å². The Balaban J connectivity index is 1.62. The first-order chi connectivity index (χ1) is 9.09. The Morgan fingerprint density at radius 2 is 2.32 bits per heavy atom. The molecule has 2 atom stereocenters. The summed E-state index contributed by atoms with van der Waals surface area (Å²) in [6, 6.07) is 3.26. The molecular formula is C15H25N3O. The molecule has 4 heteroatoms. The van der Waals surface area contributed by atoms with E-state index in [1.54, 1.807) is 0 Å². The molecule has 2 fully saturated rings. The van der Waals surface area contributed by atoms with Gasteiger partial charge in [-0.1, -0.05) is 6.92 Å². The van der Waals surface area contributed by atoms with Gasteiger partial charge >= 0.3 is 0 Å². The Morgan fingerprint density at radius 3 is 3.00 bits per heavy atom. The standard InChI is InChI=1S/C15H25N3O/c1-3-12(2)18-8-6-13(16-18)10-15(19)7-9-17(11-15)14-4-5-14/h6,8,12,14,19H,3-5,7,9-11H2,1-2H3. The minimum Gasteiger partial charge on any atom is -0.388 e. The van der Waals surface area contributed by atoms with Gasteiger partial charge in [-0.15, -0.1) is 0 Å². The third kappa shape index (κ3) is 2.84. The fourth-order valence-electron chi connectivity index (χ4n) is 3.02. The molecule has 1 aliphatic heterocycles. The number of hydrogen-bond acceptors (Lipinski definition) is 3. The van der Waals surface area contributed by atoms with E-state index in [2.05, 4.69) is 29.9 Å². The second kappa shape index (κ2) is 4.91. The molecule has 1 aromatic heterocycles. The van der Waals surface area contributed by atoms with Crippen LogP contribution in [0.4, 0.5) is 0 Å². The predicted octanol–water partition coefficient (Wildman–Crippen LogP) is 2.00. The molecule has 106 valence electrons. The van der Waals surface area contributed by atoms with E-state index in [9.17, 15) is 5.11 Å². The van der Waals surface area contributed by atoms with Crippen molar-refractivity contribution in [3.8, 4) is 0 Å². The summed E-state index contributed by atoms with van der Waals surface area (Å²) in [5, 5.41) is 15.3. The van der Waals surface area contributed by atoms with E-state index in [4.69, 9.17) is 0 Å². The number of aliphatic hydroxyl groups is 1. The normalized spacial score (nSPS) is 29.8. The molecule has 1 N–H and O–H groups in total. The molecule has 0 amide bonds. The monoisotopic (exact) mass is 263 g/mol. The lowest BCUT2D eigenvalue weighted by molar-refractivity contribution is 0.0476. The highest BCUT2D eigenvalue weighted by molar-refractivity contribution is 5.08. The second-order valence-corrected chi connectivity index (χ2v) is 6.40. The average Bonchev–Trinajstić information content (AvgIpc) is 3.03. The van der Waals surface area contributed by atoms with Crippen molar-refractivity contribution in [1.82, 2.24) is 14.7 Å². The predicted molar refractivity (Wildman–Crippen MR) is 75.1 cm³/mol. The Morgan fingerprint density at radius 1 is 1.53 bits per heavy atom. The zero-order valence-electron chi connectivity index (χ0n) is 12.0. The molecule has 3 rings (SSSR count). The van der Waals surface area contributed by atoms with Crippen molar-refractivity contribution in [3.63, 3.8) is 0 Å². The highest BCUT2D eigenvalue weighted by Crippen LogP contribution is 2.34. The maximum absolute atomic E-state index is 10.7. The molecule has 2 unspecified atom stereocenters. The fraction of sp³-hybridized carbons (Fsp3) is 0.800. The molecule has 2 aliphatic rings. The van der Waals surface area contributed by atoms with E-state index in [-0.39, 0.29) is 0 Å². The SMILES string of the molecule is CCC(C)n1ccc(CC2(O)CCN(C3CC3)C2)n1. The van der Waals surface area contributed by atoms with Crippen LogP contribution in [0.25, 0.3) is 0 Å². The largest absolute Gasteiger partial charge is 0.388 e. The zero-order chi connectivity index (χ0) is 13.5. The van der Waals surface area contributed by atoms with Gasteiger partial charge in [0, 0.05) is 37.8 Å². The van der Waals surface area contributed by atoms with Gasteiger partial charge in [0.2, 0.25) is 0 Å². The number of β-amino-alcohol motifs (C(OH)–C–C–N with tert-alkyl or cyclic N) is 1. The lowest BCUT2D eigenvalue weighted by atomic mass is 9.97. The van der Waals surface area contributed by atoms with Gasteiger partial charge < -0.3 is 5.11 Å². The van der Waals surface area contributed by atoms with Crippen molar-refractivity contribution in [1.29, 1.82) is 0 Å². The van der Waals surface area contributed by atoms with Crippen molar-refractivity contribution in [2.24, 2.45) is 0 Å². The Labute approximate surface area is 115 Å². The molecule has 1 aromatic rings. The molecule has 4 nitrogen and oxygen atoms in total. The lowest BCUT2D eigenvalue weighted by Gasteiger charge is -2.22. The van der Waals surface area contributed by atoms with E-state index in [1.165, 1.54) is 12.8 Å². The number of nitrogens with zero attached hydrogens (tertiary/aromatic N) is 3. The molecule has 0 bridgehead atoms. The minimum atomic E-state index is -0.558. The number of aromatic nitrogens is 2. The van der Waals surface area contributed by atoms with Crippen LogP contribution < -0.4 is 0 Å². The molecule has 0 aromatic carbocycles. The van der Waals surface area contributed by atoms with Crippen LogP contribution in [-0.2, 0) is 6.42 Å². The van der Waals surface area contributed by atoms with Crippen LogP contribution in [0.3, 0.4) is 0 Å². The first-order valence-electron chi connectivity index (χ1n) is 7.60. The second-order valence-electron chi connectivity index (χ2n) is 6.40. The molecule has 0 spiro atoms. The molecule has 1 saturated carbocycles. The lowest BCUT2D eigenvalue weighted by Crippen LogP contribution is -2.36. The number of likely N-dealkylation sites (tertiary alicyclic amines) is 1. The van der Waals surface area contributed by atoms with Crippen LogP contribution >= 0.6 is 0 Å². The molecule has 1 aliphatic carbocycles. The highest BCUT2D eigenvalue weighted by Gasteiger charge is 2.42. The van der Waals surface area contributed by atoms with Crippen molar-refractivity contribution in [2.45, 2.75) is 63.6 Å². The Hall–Kier alpha value is -0.870. The fourth-order valence-corrected chi connectivity index (χ4v) is 3.02. The molecule has 19 heavy (non-hydrogen) atoms. The van der Waals surface area contributed by atoms with Gasteiger partial charge in [0.25, 0.3) is 0 Å². The van der Waals surface area contributed by atoms with Gasteiger partial charge in [0.1, 0.15) is 0 Å². The molecule has 2 heterocycles. The van der Waals surface area contributed by atoms with Gasteiger partial charge in [-0.05, 0) is 38.7 Å². The Kier molecular flexibility index (Phi) is 3.39. The average molecular weight is 263 g/mol. The van der Waals surface area contributed by atoms with Crippen LogP contribution in [0, 0.1) is 0 Å². The molecule has 0 radical (unpaired) electrons. The van der Waals surface area contributed by atoms with Crippen molar-refractivity contribution in [2.75, 3.05) is 13.1 Å². The van der Waals surface area contributed by atoms with Crippen LogP contribution in [0.2, 0.25) is 0 Å². The highest BCUT2D eigenvalue weighted by atomic mass is 16.3. The summed E-state index contributed by atoms with van der Waals surface area (Å²) in [4.78, 5) is 2.45. The van der Waals surface area contributed by atoms with E-state index >= 15 is 0 Å². The van der Waals surface area contributed by atoms with Crippen molar-refractivity contribution in [3.05, 3.63) is 18.0 Å². The minimum absolute atomic E-state index is 0.440. The molecular weight excluding hydrogens is 238 g/mol. The van der Waals surface area contributed by atoms with E-state index in [0.717, 1.165) is 37.7 Å². The molecule has 1 saturated heterocycles. The topological polar surface area (TPSA) is 41.3 Å². The maximum Gasteiger partial charge on any atom is 0.0842 e. The van der Waals surface area contributed by atoms with E-state index < -0.39 is 5.60 Å². The summed E-state index contributed by atoms with van der Waals surface area (Å²) in [6.07, 6.45) is 7.35. The zero-order valence-corrected chi connectivity index (χ0v) is 12.0. The van der Waals surface area contributed by atoms with Crippen molar-refractivity contribution >= 4 is 0 Å². The number of hydrogen-bond donors (Lipinski definition) is 1. The third-order valence-corrected chi connectivity index (χ3v) is 4.64. The van der Waals surface area contributed by atoms with Crippen LogP contribution in [0.1, 0.15) is 51.3 Å². The third-order valence-electron chi connectivity index (χ3n) is 4.64. The van der Waals surface area contributed by atoms with E-state index in [0.29, 0.717) is 12.5 Å². The summed E-state index contributed by atoms with van der Waals surface area (Å²) in [5.74, 6) is 0. The van der Waals surface area contributed by atoms with Crippen LogP contribution in [-0.4, -0.2) is 44.5 Å². The summed E-state index contributed by atoms with van der Waals surface area (Å²) >= 11 is 0. The summed E-state index contributed by atoms with van der Waals surface area (Å²) < 4.78 is 2.02. The van der Waals surface area contributed by atoms with E-state index in [1.807, 2.05) is 10.9 Å². The smallest absolute Gasteiger partial charge is 0.0842 e. The van der Waals surface area contributed by atoms with Gasteiger partial charge in [-0.2, -0.15) is 5.10 Å². The van der Waals surface area contributed by atoms with Gasteiger partial charge in [0.05, 0.1) is 11.3 Å². The van der Waals surface area contributed by atoms with Gasteiger partial charge in [-0.3, -0.25) is 9.58 Å².